The molecule has 1 aromatic carbocycles. The molecule has 1 amide bonds. The zero-order chi connectivity index (χ0) is 12.3. The average Bonchev–Trinajstić information content (AvgIpc) is 2.12. The topological polar surface area (TPSA) is 63.3 Å². The molecule has 0 saturated heterocycles. The van der Waals surface area contributed by atoms with Crippen LogP contribution in [0.1, 0.15) is 11.1 Å². The second-order valence-electron chi connectivity index (χ2n) is 2.88. The smallest absolute Gasteiger partial charge is 0.416 e. The van der Waals surface area contributed by atoms with Crippen molar-refractivity contribution >= 4 is 5.91 Å². The number of carbonyl (C=O) groups is 1. The molecule has 0 unspecified atom stereocenters. The van der Waals surface area contributed by atoms with Gasteiger partial charge in [0.2, 0.25) is 0 Å². The molecule has 3 N–H and O–H groups in total. The number of phenols is 1. The molecule has 0 aliphatic heterocycles. The Labute approximate surface area is 88.7 Å². The first-order chi connectivity index (χ1) is 7.29. The van der Waals surface area contributed by atoms with E-state index < -0.39 is 23.4 Å². The summed E-state index contributed by atoms with van der Waals surface area (Å²) in [7, 11) is 0. The molecular weight excluding hydrogens is 223 g/mol. The molecule has 1 rings (SSSR count). The van der Waals surface area contributed by atoms with Gasteiger partial charge in [-0.2, -0.15) is 13.2 Å². The van der Waals surface area contributed by atoms with E-state index in [0.29, 0.717) is 6.07 Å². The zero-order valence-electron chi connectivity index (χ0n) is 7.80. The maximum atomic E-state index is 12.3. The van der Waals surface area contributed by atoms with Crippen molar-refractivity contribution in [2.75, 3.05) is 0 Å². The lowest BCUT2D eigenvalue weighted by atomic mass is 10.1. The molecule has 0 saturated carbocycles. The number of nitrogens with two attached hydrogens (primary N) is 1. The number of halogens is 3. The first kappa shape index (κ1) is 11.9. The summed E-state index contributed by atoms with van der Waals surface area (Å²) in [6.07, 6.45) is -4.58. The van der Waals surface area contributed by atoms with Crippen LogP contribution >= 0.6 is 0 Å². The van der Waals surface area contributed by atoms with Crippen LogP contribution in [0.4, 0.5) is 13.2 Å². The van der Waals surface area contributed by atoms with Gasteiger partial charge in [0.05, 0.1) is 5.56 Å². The van der Waals surface area contributed by atoms with Gasteiger partial charge in [0.15, 0.2) is 0 Å². The highest BCUT2D eigenvalue weighted by Crippen LogP contribution is 2.32. The van der Waals surface area contributed by atoms with Gasteiger partial charge in [0.25, 0.3) is 5.91 Å². The lowest BCUT2D eigenvalue weighted by Crippen LogP contribution is -2.07. The minimum atomic E-state index is -4.58. The first-order valence-electron chi connectivity index (χ1n) is 4.02. The highest BCUT2D eigenvalue weighted by atomic mass is 19.4. The summed E-state index contributed by atoms with van der Waals surface area (Å²) in [6, 6.07) is 2.29. The van der Waals surface area contributed by atoms with E-state index in [1.807, 2.05) is 5.92 Å². The molecule has 0 heterocycles. The second kappa shape index (κ2) is 4.14. The van der Waals surface area contributed by atoms with Crippen molar-refractivity contribution in [1.29, 1.82) is 0 Å². The van der Waals surface area contributed by atoms with Crippen molar-refractivity contribution in [2.45, 2.75) is 6.18 Å². The minimum absolute atomic E-state index is 0.133. The van der Waals surface area contributed by atoms with E-state index in [0.717, 1.165) is 12.1 Å². The van der Waals surface area contributed by atoms with Gasteiger partial charge in [0.1, 0.15) is 5.75 Å². The van der Waals surface area contributed by atoms with Gasteiger partial charge in [-0.05, 0) is 24.1 Å². The van der Waals surface area contributed by atoms with Crippen LogP contribution in [-0.2, 0) is 11.0 Å². The Bertz CT molecular complexity index is 483. The summed E-state index contributed by atoms with van der Waals surface area (Å²) >= 11 is 0. The van der Waals surface area contributed by atoms with Gasteiger partial charge in [0, 0.05) is 5.56 Å². The molecule has 0 aromatic heterocycles. The molecule has 0 spiro atoms. The largest absolute Gasteiger partial charge is 0.508 e. The van der Waals surface area contributed by atoms with Gasteiger partial charge in [-0.25, -0.2) is 0 Å². The Morgan fingerprint density at radius 3 is 2.44 bits per heavy atom. The molecule has 16 heavy (non-hydrogen) atoms. The third kappa shape index (κ3) is 3.20. The van der Waals surface area contributed by atoms with E-state index in [9.17, 15) is 18.0 Å². The van der Waals surface area contributed by atoms with Crippen molar-refractivity contribution in [3.8, 4) is 17.6 Å². The molecule has 0 bridgehead atoms. The van der Waals surface area contributed by atoms with E-state index >= 15 is 0 Å². The Morgan fingerprint density at radius 2 is 1.94 bits per heavy atom. The monoisotopic (exact) mass is 229 g/mol. The van der Waals surface area contributed by atoms with Crippen molar-refractivity contribution in [1.82, 2.24) is 0 Å². The maximum Gasteiger partial charge on any atom is 0.416 e. The number of amides is 1. The molecule has 0 radical (unpaired) electrons. The number of phenolic OH excluding ortho intramolecular Hbond substituents is 1. The highest BCUT2D eigenvalue weighted by Gasteiger charge is 2.31. The van der Waals surface area contributed by atoms with Gasteiger partial charge >= 0.3 is 6.18 Å². The van der Waals surface area contributed by atoms with E-state index in [2.05, 4.69) is 5.92 Å². The quantitative estimate of drug-likeness (QED) is 0.657. The van der Waals surface area contributed by atoms with Crippen molar-refractivity contribution < 1.29 is 23.1 Å². The molecule has 3 nitrogen and oxygen atoms in total. The van der Waals surface area contributed by atoms with Crippen molar-refractivity contribution in [3.05, 3.63) is 29.3 Å². The fourth-order valence-electron chi connectivity index (χ4n) is 0.981. The fraction of sp³-hybridized carbons (Fsp3) is 0.100. The number of alkyl halides is 3. The van der Waals surface area contributed by atoms with E-state index in [4.69, 9.17) is 10.8 Å². The summed E-state index contributed by atoms with van der Waals surface area (Å²) in [5.74, 6) is 2.45. The summed E-state index contributed by atoms with van der Waals surface area (Å²) in [5.41, 5.74) is 3.53. The Kier molecular flexibility index (Phi) is 3.09. The molecule has 0 fully saturated rings. The SMILES string of the molecule is NC(=O)C#Cc1cc(O)cc(C(F)(F)F)c1. The van der Waals surface area contributed by atoms with Crippen LogP contribution in [0.5, 0.6) is 5.75 Å². The molecular formula is C10H6F3NO2. The number of primary amides is 1. The van der Waals surface area contributed by atoms with Crippen LogP contribution in [0, 0.1) is 11.8 Å². The molecule has 0 aliphatic rings. The van der Waals surface area contributed by atoms with Crippen LogP contribution in [-0.4, -0.2) is 11.0 Å². The number of benzene rings is 1. The third-order valence-corrected chi connectivity index (χ3v) is 1.58. The summed E-state index contributed by atoms with van der Waals surface area (Å²) < 4.78 is 36.9. The number of hydrogen-bond acceptors (Lipinski definition) is 2. The molecule has 6 heteroatoms. The van der Waals surface area contributed by atoms with Gasteiger partial charge < -0.3 is 10.8 Å². The standard InChI is InChI=1S/C10H6F3NO2/c11-10(12,13)7-3-6(1-2-9(14)16)4-8(15)5-7/h3-5,15H,(H2,14,16). The highest BCUT2D eigenvalue weighted by molar-refractivity contribution is 5.92. The first-order valence-corrected chi connectivity index (χ1v) is 4.02. The maximum absolute atomic E-state index is 12.3. The molecule has 0 atom stereocenters. The predicted octanol–water partition coefficient (Wildman–Crippen LogP) is 1.25. The van der Waals surface area contributed by atoms with Crippen molar-refractivity contribution in [2.24, 2.45) is 5.73 Å². The summed E-state index contributed by atoms with van der Waals surface area (Å²) in [5, 5.41) is 9.04. The third-order valence-electron chi connectivity index (χ3n) is 1.58. The Morgan fingerprint density at radius 1 is 1.31 bits per heavy atom. The lowest BCUT2D eigenvalue weighted by Gasteiger charge is -2.07. The van der Waals surface area contributed by atoms with Gasteiger partial charge in [-0.1, -0.05) is 5.92 Å². The Balaban J connectivity index is 3.20. The lowest BCUT2D eigenvalue weighted by molar-refractivity contribution is -0.137. The zero-order valence-corrected chi connectivity index (χ0v) is 7.80. The number of aromatic hydroxyl groups is 1. The van der Waals surface area contributed by atoms with Crippen LogP contribution < -0.4 is 5.73 Å². The number of rotatable bonds is 0. The van der Waals surface area contributed by atoms with Gasteiger partial charge in [-0.3, -0.25) is 4.79 Å². The summed E-state index contributed by atoms with van der Waals surface area (Å²) in [6.45, 7) is 0. The molecule has 1 aromatic rings. The minimum Gasteiger partial charge on any atom is -0.508 e. The Hall–Kier alpha value is -2.16. The van der Waals surface area contributed by atoms with Crippen LogP contribution in [0.25, 0.3) is 0 Å². The second-order valence-corrected chi connectivity index (χ2v) is 2.88. The average molecular weight is 229 g/mol. The van der Waals surface area contributed by atoms with Crippen LogP contribution in [0.15, 0.2) is 18.2 Å². The summed E-state index contributed by atoms with van der Waals surface area (Å²) in [4.78, 5) is 10.3. The number of carbonyl (C=O) groups excluding carboxylic acids is 1. The predicted molar refractivity (Wildman–Crippen MR) is 49.2 cm³/mol. The number of hydrogen-bond donors (Lipinski definition) is 2. The van der Waals surface area contributed by atoms with E-state index in [1.54, 1.807) is 0 Å². The van der Waals surface area contributed by atoms with Crippen molar-refractivity contribution in [3.63, 3.8) is 0 Å². The normalized spacial score (nSPS) is 10.4. The van der Waals surface area contributed by atoms with E-state index in [1.165, 1.54) is 0 Å². The molecule has 84 valence electrons. The fourth-order valence-corrected chi connectivity index (χ4v) is 0.981. The van der Waals surface area contributed by atoms with Gasteiger partial charge in [-0.15, -0.1) is 0 Å². The van der Waals surface area contributed by atoms with E-state index in [-0.39, 0.29) is 5.56 Å². The molecule has 0 aliphatic carbocycles. The van der Waals surface area contributed by atoms with Crippen LogP contribution in [0.3, 0.4) is 0 Å². The van der Waals surface area contributed by atoms with Crippen LogP contribution in [0.2, 0.25) is 0 Å².